The average Bonchev–Trinajstić information content (AvgIpc) is 2.71. The molecule has 1 aliphatic heterocycles. The summed E-state index contributed by atoms with van der Waals surface area (Å²) in [5.41, 5.74) is 0.629. The molecule has 2 fully saturated rings. The van der Waals surface area contributed by atoms with Crippen molar-refractivity contribution in [2.75, 3.05) is 6.54 Å². The lowest BCUT2D eigenvalue weighted by atomic mass is 9.82. The molecule has 174 valence electrons. The highest BCUT2D eigenvalue weighted by Gasteiger charge is 2.33. The first-order valence-electron chi connectivity index (χ1n) is 11.7. The van der Waals surface area contributed by atoms with E-state index in [0.717, 1.165) is 36.8 Å². The van der Waals surface area contributed by atoms with Gasteiger partial charge >= 0.3 is 6.09 Å². The van der Waals surface area contributed by atoms with Gasteiger partial charge in [0.15, 0.2) is 0 Å². The summed E-state index contributed by atoms with van der Waals surface area (Å²) < 4.78 is 5.56. The Bertz CT molecular complexity index is 870. The molecule has 32 heavy (non-hydrogen) atoms. The molecule has 3 rings (SSSR count). The molecule has 0 aromatic heterocycles. The van der Waals surface area contributed by atoms with Crippen LogP contribution < -0.4 is 5.32 Å². The molecule has 0 bridgehead atoms. The number of hydrogen-bond donors (Lipinski definition) is 2. The second-order valence-electron chi connectivity index (χ2n) is 9.88. The van der Waals surface area contributed by atoms with Crippen molar-refractivity contribution in [1.29, 1.82) is 0 Å². The van der Waals surface area contributed by atoms with Crippen LogP contribution in [0, 0.1) is 11.8 Å². The highest BCUT2D eigenvalue weighted by Crippen LogP contribution is 2.29. The highest BCUT2D eigenvalue weighted by molar-refractivity contribution is 5.74. The van der Waals surface area contributed by atoms with Crippen LogP contribution in [-0.2, 0) is 9.53 Å². The minimum atomic E-state index is -0.855. The lowest BCUT2D eigenvalue weighted by Gasteiger charge is -2.37. The van der Waals surface area contributed by atoms with E-state index >= 15 is 0 Å². The quantitative estimate of drug-likeness (QED) is 0.669. The zero-order valence-electron chi connectivity index (χ0n) is 19.7. The number of hydrogen-bond acceptors (Lipinski definition) is 4. The summed E-state index contributed by atoms with van der Waals surface area (Å²) in [4.78, 5) is 25.9. The summed E-state index contributed by atoms with van der Waals surface area (Å²) >= 11 is 0. The van der Waals surface area contributed by atoms with Gasteiger partial charge in [-0.1, -0.05) is 43.2 Å². The van der Waals surface area contributed by atoms with Gasteiger partial charge in [0.2, 0.25) is 5.91 Å². The van der Waals surface area contributed by atoms with E-state index in [4.69, 9.17) is 4.74 Å². The smallest absolute Gasteiger partial charge is 0.410 e. The zero-order valence-corrected chi connectivity index (χ0v) is 19.7. The van der Waals surface area contributed by atoms with Gasteiger partial charge in [-0.15, -0.1) is 0 Å². The Kier molecular flexibility index (Phi) is 7.51. The van der Waals surface area contributed by atoms with Crippen molar-refractivity contribution in [3.8, 4) is 11.8 Å². The Morgan fingerprint density at radius 3 is 2.50 bits per heavy atom. The SMILES string of the molecule is CC(=O)NC1(C#Cc2ccc(C(C)N3CCC(CC(C)(C)O)OC3=O)cc2)CCCCC1. The Balaban J connectivity index is 1.65. The van der Waals surface area contributed by atoms with Crippen LogP contribution in [0.15, 0.2) is 24.3 Å². The van der Waals surface area contributed by atoms with Crippen LogP contribution in [0.2, 0.25) is 0 Å². The topological polar surface area (TPSA) is 78.9 Å². The number of benzene rings is 1. The molecule has 0 radical (unpaired) electrons. The van der Waals surface area contributed by atoms with E-state index in [-0.39, 0.29) is 24.1 Å². The number of nitrogens with one attached hydrogen (secondary N) is 1. The lowest BCUT2D eigenvalue weighted by molar-refractivity contribution is -0.120. The van der Waals surface area contributed by atoms with E-state index in [0.29, 0.717) is 19.4 Å². The summed E-state index contributed by atoms with van der Waals surface area (Å²) in [6.45, 7) is 7.60. The van der Waals surface area contributed by atoms with E-state index in [2.05, 4.69) is 17.2 Å². The normalized spacial score (nSPS) is 21.7. The van der Waals surface area contributed by atoms with Crippen molar-refractivity contribution in [2.45, 2.75) is 95.9 Å². The van der Waals surface area contributed by atoms with Gasteiger partial charge in [-0.05, 0) is 51.3 Å². The monoisotopic (exact) mass is 440 g/mol. The molecule has 2 aliphatic rings. The van der Waals surface area contributed by atoms with Gasteiger partial charge in [0, 0.05) is 31.9 Å². The van der Waals surface area contributed by atoms with Crippen molar-refractivity contribution < 1.29 is 19.4 Å². The Labute approximate surface area is 191 Å². The number of carbonyl (C=O) groups is 2. The van der Waals surface area contributed by atoms with Crippen molar-refractivity contribution in [3.63, 3.8) is 0 Å². The minimum absolute atomic E-state index is 0.0384. The van der Waals surface area contributed by atoms with Crippen LogP contribution in [0.4, 0.5) is 4.79 Å². The predicted molar refractivity (Wildman–Crippen MR) is 124 cm³/mol. The van der Waals surface area contributed by atoms with Gasteiger partial charge < -0.3 is 20.1 Å². The van der Waals surface area contributed by atoms with Gasteiger partial charge in [0.05, 0.1) is 11.6 Å². The number of carbonyl (C=O) groups excluding carboxylic acids is 2. The van der Waals surface area contributed by atoms with Crippen LogP contribution in [0.25, 0.3) is 0 Å². The number of cyclic esters (lactones) is 1. The molecule has 6 heteroatoms. The van der Waals surface area contributed by atoms with Gasteiger partial charge in [0.1, 0.15) is 11.6 Å². The Morgan fingerprint density at radius 1 is 1.28 bits per heavy atom. The molecule has 1 heterocycles. The van der Waals surface area contributed by atoms with Crippen molar-refractivity contribution in [1.82, 2.24) is 10.2 Å². The molecule has 6 nitrogen and oxygen atoms in total. The third-order valence-electron chi connectivity index (χ3n) is 6.35. The fourth-order valence-corrected chi connectivity index (χ4v) is 4.69. The fourth-order valence-electron chi connectivity index (χ4n) is 4.69. The molecule has 1 aromatic carbocycles. The van der Waals surface area contributed by atoms with Crippen LogP contribution in [0.5, 0.6) is 0 Å². The first kappa shape index (κ1) is 24.1. The molecular formula is C26H36N2O4. The van der Waals surface area contributed by atoms with Crippen molar-refractivity contribution in [3.05, 3.63) is 35.4 Å². The Hall–Kier alpha value is -2.52. The fraction of sp³-hybridized carbons (Fsp3) is 0.615. The van der Waals surface area contributed by atoms with E-state index in [9.17, 15) is 14.7 Å². The number of ether oxygens (including phenoxy) is 1. The van der Waals surface area contributed by atoms with Crippen LogP contribution in [0.3, 0.4) is 0 Å². The molecule has 2 N–H and O–H groups in total. The molecule has 2 amide bonds. The van der Waals surface area contributed by atoms with Crippen molar-refractivity contribution in [2.24, 2.45) is 0 Å². The van der Waals surface area contributed by atoms with Crippen LogP contribution >= 0.6 is 0 Å². The first-order chi connectivity index (χ1) is 15.1. The maximum absolute atomic E-state index is 12.5. The summed E-state index contributed by atoms with van der Waals surface area (Å²) in [6, 6.07) is 7.82. The summed E-state index contributed by atoms with van der Waals surface area (Å²) in [5, 5.41) is 13.1. The Morgan fingerprint density at radius 2 is 1.94 bits per heavy atom. The largest absolute Gasteiger partial charge is 0.446 e. The third-order valence-corrected chi connectivity index (χ3v) is 6.35. The standard InChI is InChI=1S/C26H36N2O4/c1-19(28-17-13-23(32-24(28)30)18-25(3,4)31)22-10-8-21(9-11-22)12-16-26(27-20(2)29)14-6-5-7-15-26/h8-11,19,23,31H,5-7,13-15,17-18H2,1-4H3,(H,27,29). The van der Waals surface area contributed by atoms with Gasteiger partial charge in [-0.25, -0.2) is 4.79 Å². The molecule has 1 aliphatic carbocycles. The number of amides is 2. The second-order valence-corrected chi connectivity index (χ2v) is 9.88. The molecule has 1 saturated heterocycles. The number of rotatable bonds is 5. The van der Waals surface area contributed by atoms with Crippen LogP contribution in [0.1, 0.15) is 89.8 Å². The molecule has 1 aromatic rings. The van der Waals surface area contributed by atoms with Crippen molar-refractivity contribution >= 4 is 12.0 Å². The average molecular weight is 441 g/mol. The predicted octanol–water partition coefficient (Wildman–Crippen LogP) is 4.31. The first-order valence-corrected chi connectivity index (χ1v) is 11.7. The van der Waals surface area contributed by atoms with E-state index < -0.39 is 11.1 Å². The zero-order chi connectivity index (χ0) is 23.4. The maximum atomic E-state index is 12.5. The summed E-state index contributed by atoms with van der Waals surface area (Å²) in [7, 11) is 0. The van der Waals surface area contributed by atoms with Gasteiger partial charge in [-0.3, -0.25) is 4.79 Å². The number of nitrogens with zero attached hydrogens (tertiary/aromatic N) is 1. The van der Waals surface area contributed by atoms with E-state index in [1.165, 1.54) is 6.42 Å². The third kappa shape index (κ3) is 6.49. The molecule has 2 unspecified atom stereocenters. The lowest BCUT2D eigenvalue weighted by Crippen LogP contribution is -2.47. The maximum Gasteiger partial charge on any atom is 0.410 e. The van der Waals surface area contributed by atoms with E-state index in [1.807, 2.05) is 31.2 Å². The van der Waals surface area contributed by atoms with Gasteiger partial charge in [-0.2, -0.15) is 0 Å². The second kappa shape index (κ2) is 9.95. The summed E-state index contributed by atoms with van der Waals surface area (Å²) in [5.74, 6) is 6.55. The molecule has 2 atom stereocenters. The van der Waals surface area contributed by atoms with Gasteiger partial charge in [0.25, 0.3) is 0 Å². The summed E-state index contributed by atoms with van der Waals surface area (Å²) in [6.07, 6.45) is 5.68. The number of aliphatic hydroxyl groups is 1. The minimum Gasteiger partial charge on any atom is -0.446 e. The molecule has 0 spiro atoms. The molecule has 1 saturated carbocycles. The van der Waals surface area contributed by atoms with E-state index in [1.54, 1.807) is 25.7 Å². The molecular weight excluding hydrogens is 404 g/mol. The highest BCUT2D eigenvalue weighted by atomic mass is 16.6. The van der Waals surface area contributed by atoms with Crippen LogP contribution in [-0.4, -0.2) is 45.8 Å².